The maximum Gasteiger partial charge on any atom is 0.240 e. The van der Waals surface area contributed by atoms with Gasteiger partial charge in [-0.05, 0) is 37.4 Å². The van der Waals surface area contributed by atoms with Gasteiger partial charge in [0, 0.05) is 25.2 Å². The highest BCUT2D eigenvalue weighted by Gasteiger charge is 2.23. The molecule has 2 N–H and O–H groups in total. The van der Waals surface area contributed by atoms with Gasteiger partial charge < -0.3 is 15.5 Å². The summed E-state index contributed by atoms with van der Waals surface area (Å²) in [4.78, 5) is 26.0. The summed E-state index contributed by atoms with van der Waals surface area (Å²) in [6.07, 6.45) is 3.31. The zero-order valence-corrected chi connectivity index (χ0v) is 14.5. The largest absolute Gasteiger partial charge is 0.353 e. The van der Waals surface area contributed by atoms with Crippen molar-refractivity contribution in [3.05, 3.63) is 29.8 Å². The first-order valence-corrected chi connectivity index (χ1v) is 8.08. The monoisotopic (exact) mass is 339 g/mol. The first-order valence-electron chi connectivity index (χ1n) is 8.08. The van der Waals surface area contributed by atoms with Crippen LogP contribution in [0, 0.1) is 0 Å². The molecule has 0 unspecified atom stereocenters. The Balaban J connectivity index is 0.00000264. The topological polar surface area (TPSA) is 61.4 Å². The SMILES string of the molecule is CCCNCCNC(=O)CN1C(=O)CCCc2ccccc21.Cl. The lowest BCUT2D eigenvalue weighted by Crippen LogP contribution is -2.42. The van der Waals surface area contributed by atoms with Gasteiger partial charge in [0.05, 0.1) is 0 Å². The van der Waals surface area contributed by atoms with Crippen molar-refractivity contribution in [3.63, 3.8) is 0 Å². The summed E-state index contributed by atoms with van der Waals surface area (Å²) in [5.74, 6) is -0.0763. The third-order valence-corrected chi connectivity index (χ3v) is 3.77. The van der Waals surface area contributed by atoms with E-state index in [2.05, 4.69) is 17.6 Å². The fraction of sp³-hybridized carbons (Fsp3) is 0.529. The molecule has 23 heavy (non-hydrogen) atoms. The number of carbonyl (C=O) groups is 2. The zero-order chi connectivity index (χ0) is 15.8. The number of halogens is 1. The van der Waals surface area contributed by atoms with E-state index in [1.54, 1.807) is 4.90 Å². The second-order valence-electron chi connectivity index (χ2n) is 5.56. The molecule has 0 fully saturated rings. The first kappa shape index (κ1) is 19.5. The third kappa shape index (κ3) is 5.84. The number of aryl methyl sites for hydroxylation is 1. The molecule has 0 atom stereocenters. The zero-order valence-electron chi connectivity index (χ0n) is 13.6. The summed E-state index contributed by atoms with van der Waals surface area (Å²) < 4.78 is 0. The molecule has 6 heteroatoms. The molecule has 0 radical (unpaired) electrons. The number of para-hydroxylation sites is 1. The van der Waals surface area contributed by atoms with Crippen LogP contribution in [-0.2, 0) is 16.0 Å². The predicted molar refractivity (Wildman–Crippen MR) is 95.2 cm³/mol. The van der Waals surface area contributed by atoms with Crippen LogP contribution >= 0.6 is 12.4 Å². The number of nitrogens with zero attached hydrogens (tertiary/aromatic N) is 1. The van der Waals surface area contributed by atoms with Crippen LogP contribution in [0.2, 0.25) is 0 Å². The molecule has 2 rings (SSSR count). The molecule has 5 nitrogen and oxygen atoms in total. The van der Waals surface area contributed by atoms with Gasteiger partial charge in [0.2, 0.25) is 11.8 Å². The van der Waals surface area contributed by atoms with Gasteiger partial charge in [0.15, 0.2) is 0 Å². The molecule has 1 aliphatic rings. The maximum atomic E-state index is 12.3. The van der Waals surface area contributed by atoms with Crippen molar-refractivity contribution in [3.8, 4) is 0 Å². The molecule has 0 saturated heterocycles. The number of fused-ring (bicyclic) bond motifs is 1. The fourth-order valence-corrected chi connectivity index (χ4v) is 2.65. The summed E-state index contributed by atoms with van der Waals surface area (Å²) in [6.45, 7) is 4.50. The number of anilines is 1. The number of rotatable bonds is 7. The van der Waals surface area contributed by atoms with Crippen molar-refractivity contribution in [1.29, 1.82) is 0 Å². The molecule has 0 aliphatic carbocycles. The number of benzene rings is 1. The molecule has 0 bridgehead atoms. The van der Waals surface area contributed by atoms with E-state index in [0.717, 1.165) is 43.6 Å². The van der Waals surface area contributed by atoms with Crippen LogP contribution in [0.4, 0.5) is 5.69 Å². The van der Waals surface area contributed by atoms with Gasteiger partial charge in [-0.1, -0.05) is 25.1 Å². The molecule has 1 aromatic rings. The Bertz CT molecular complexity index is 522. The van der Waals surface area contributed by atoms with E-state index >= 15 is 0 Å². The summed E-state index contributed by atoms with van der Waals surface area (Å²) in [5.41, 5.74) is 2.02. The van der Waals surface area contributed by atoms with E-state index in [-0.39, 0.29) is 30.8 Å². The minimum atomic E-state index is -0.108. The molecule has 128 valence electrons. The standard InChI is InChI=1S/C17H25N3O2.ClH/c1-2-10-18-11-12-19-16(21)13-20-15-8-4-3-6-14(15)7-5-9-17(20)22;/h3-4,6,8,18H,2,5,7,9-13H2,1H3,(H,19,21);1H. The van der Waals surface area contributed by atoms with Crippen LogP contribution in [0.3, 0.4) is 0 Å². The van der Waals surface area contributed by atoms with Crippen LogP contribution in [0.25, 0.3) is 0 Å². The third-order valence-electron chi connectivity index (χ3n) is 3.77. The summed E-state index contributed by atoms with van der Waals surface area (Å²) in [6, 6.07) is 7.85. The average molecular weight is 340 g/mol. The number of hydrogen-bond acceptors (Lipinski definition) is 3. The lowest BCUT2D eigenvalue weighted by atomic mass is 10.1. The number of hydrogen-bond donors (Lipinski definition) is 2. The van der Waals surface area contributed by atoms with Gasteiger partial charge >= 0.3 is 0 Å². The van der Waals surface area contributed by atoms with Crippen molar-refractivity contribution >= 4 is 29.9 Å². The minimum Gasteiger partial charge on any atom is -0.353 e. The van der Waals surface area contributed by atoms with Crippen molar-refractivity contribution in [2.75, 3.05) is 31.1 Å². The van der Waals surface area contributed by atoms with E-state index in [1.807, 2.05) is 24.3 Å². The smallest absolute Gasteiger partial charge is 0.240 e. The van der Waals surface area contributed by atoms with Crippen molar-refractivity contribution < 1.29 is 9.59 Å². The molecule has 0 spiro atoms. The number of carbonyl (C=O) groups excluding carboxylic acids is 2. The number of amides is 2. The van der Waals surface area contributed by atoms with E-state index in [0.29, 0.717) is 13.0 Å². The second kappa shape index (κ2) is 10.2. The highest BCUT2D eigenvalue weighted by Crippen LogP contribution is 2.26. The lowest BCUT2D eigenvalue weighted by molar-refractivity contribution is -0.123. The lowest BCUT2D eigenvalue weighted by Gasteiger charge is -2.22. The van der Waals surface area contributed by atoms with Gasteiger partial charge in [-0.15, -0.1) is 12.4 Å². The van der Waals surface area contributed by atoms with E-state index < -0.39 is 0 Å². The molecular formula is C17H26ClN3O2. The Kier molecular flexibility index (Phi) is 8.66. The van der Waals surface area contributed by atoms with E-state index in [1.165, 1.54) is 0 Å². The van der Waals surface area contributed by atoms with Crippen molar-refractivity contribution in [2.45, 2.75) is 32.6 Å². The highest BCUT2D eigenvalue weighted by molar-refractivity contribution is 5.99. The average Bonchev–Trinajstić information content (AvgIpc) is 2.67. The van der Waals surface area contributed by atoms with Gasteiger partial charge in [-0.25, -0.2) is 0 Å². The van der Waals surface area contributed by atoms with Crippen LogP contribution < -0.4 is 15.5 Å². The molecular weight excluding hydrogens is 314 g/mol. The molecule has 1 aromatic carbocycles. The summed E-state index contributed by atoms with van der Waals surface area (Å²) in [7, 11) is 0. The van der Waals surface area contributed by atoms with Crippen LogP contribution in [0.5, 0.6) is 0 Å². The molecule has 2 amide bonds. The van der Waals surface area contributed by atoms with Crippen LogP contribution in [0.15, 0.2) is 24.3 Å². The van der Waals surface area contributed by atoms with Crippen LogP contribution in [0.1, 0.15) is 31.7 Å². The Hall–Kier alpha value is -1.59. The minimum absolute atomic E-state index is 0. The second-order valence-corrected chi connectivity index (χ2v) is 5.56. The quantitative estimate of drug-likeness (QED) is 0.746. The molecule has 1 aliphatic heterocycles. The van der Waals surface area contributed by atoms with Gasteiger partial charge in [-0.3, -0.25) is 9.59 Å². The fourth-order valence-electron chi connectivity index (χ4n) is 2.65. The normalized spacial score (nSPS) is 13.8. The van der Waals surface area contributed by atoms with Crippen LogP contribution in [-0.4, -0.2) is 38.0 Å². The van der Waals surface area contributed by atoms with E-state index in [4.69, 9.17) is 0 Å². The van der Waals surface area contributed by atoms with E-state index in [9.17, 15) is 9.59 Å². The Morgan fingerprint density at radius 1 is 1.17 bits per heavy atom. The Labute approximate surface area is 144 Å². The molecule has 1 heterocycles. The Morgan fingerprint density at radius 2 is 1.96 bits per heavy atom. The van der Waals surface area contributed by atoms with Crippen molar-refractivity contribution in [2.24, 2.45) is 0 Å². The van der Waals surface area contributed by atoms with Gasteiger partial charge in [0.25, 0.3) is 0 Å². The van der Waals surface area contributed by atoms with Gasteiger partial charge in [0.1, 0.15) is 6.54 Å². The first-order chi connectivity index (χ1) is 10.7. The molecule has 0 saturated carbocycles. The highest BCUT2D eigenvalue weighted by atomic mass is 35.5. The number of nitrogens with one attached hydrogen (secondary N) is 2. The van der Waals surface area contributed by atoms with Gasteiger partial charge in [-0.2, -0.15) is 0 Å². The Morgan fingerprint density at radius 3 is 2.74 bits per heavy atom. The summed E-state index contributed by atoms with van der Waals surface area (Å²) in [5, 5.41) is 6.10. The molecule has 0 aromatic heterocycles. The maximum absolute atomic E-state index is 12.3. The summed E-state index contributed by atoms with van der Waals surface area (Å²) >= 11 is 0. The van der Waals surface area contributed by atoms with Crippen molar-refractivity contribution in [1.82, 2.24) is 10.6 Å². The predicted octanol–water partition coefficient (Wildman–Crippen LogP) is 1.89.